The molecule has 0 saturated heterocycles. The number of aryl methyl sites for hydroxylation is 4. The van der Waals surface area contributed by atoms with Crippen molar-refractivity contribution in [2.75, 3.05) is 0 Å². The number of nitrogens with zero attached hydrogens (tertiary/aromatic N) is 4. The fourth-order valence-electron chi connectivity index (χ4n) is 5.47. The van der Waals surface area contributed by atoms with Crippen molar-refractivity contribution in [1.29, 1.82) is 0 Å². The summed E-state index contributed by atoms with van der Waals surface area (Å²) >= 11 is 0. The van der Waals surface area contributed by atoms with Crippen molar-refractivity contribution in [1.82, 2.24) is 19.9 Å². The second-order valence-corrected chi connectivity index (χ2v) is 11.3. The standard InChI is InChI=1S/C27H18N3O.C13H12N.Ir/c1-16-15-29-24(14-23(16)19-8-3-6-18-7-5-13-28-25(18)19)22-10-4-9-20-21-12-11-17(2)30-27(21)31-26(20)22;1-10-3-6-12(7-4-10)13-8-5-11(2)9-14-13;/h3-9,11-15H,1-2H3;3-6,8-9H,1-2H3;/q2*-1;. The molecule has 5 aromatic heterocycles. The van der Waals surface area contributed by atoms with Crippen LogP contribution in [-0.4, -0.2) is 19.9 Å². The van der Waals surface area contributed by atoms with Gasteiger partial charge in [-0.05, 0) is 67.0 Å². The molecule has 0 bridgehead atoms. The Morgan fingerprint density at radius 1 is 0.674 bits per heavy atom. The molecule has 6 heteroatoms. The Morgan fingerprint density at radius 2 is 1.50 bits per heavy atom. The van der Waals surface area contributed by atoms with E-state index in [1.807, 2.05) is 74.9 Å². The minimum absolute atomic E-state index is 0. The van der Waals surface area contributed by atoms with Crippen LogP contribution in [0.4, 0.5) is 0 Å². The number of hydrogen-bond acceptors (Lipinski definition) is 5. The minimum Gasteiger partial charge on any atom is -0.486 e. The Bertz CT molecular complexity index is 2260. The fraction of sp³-hybridized carbons (Fsp3) is 0.100. The third kappa shape index (κ3) is 6.10. The van der Waals surface area contributed by atoms with Crippen LogP contribution in [-0.2, 0) is 20.1 Å². The number of para-hydroxylation sites is 1. The van der Waals surface area contributed by atoms with Crippen LogP contribution in [0.25, 0.3) is 66.6 Å². The van der Waals surface area contributed by atoms with E-state index >= 15 is 0 Å². The molecule has 5 nitrogen and oxygen atoms in total. The molecular weight excluding hydrogens is 745 g/mol. The third-order valence-corrected chi connectivity index (χ3v) is 7.88. The largest absolute Gasteiger partial charge is 0.486 e. The van der Waals surface area contributed by atoms with Gasteiger partial charge in [-0.2, -0.15) is 0 Å². The molecule has 0 saturated carbocycles. The molecule has 0 spiro atoms. The molecule has 0 aliphatic heterocycles. The van der Waals surface area contributed by atoms with Crippen LogP contribution >= 0.6 is 0 Å². The average molecular weight is 775 g/mol. The van der Waals surface area contributed by atoms with E-state index in [1.165, 1.54) is 11.1 Å². The molecule has 0 aliphatic carbocycles. The van der Waals surface area contributed by atoms with Crippen LogP contribution in [0.5, 0.6) is 0 Å². The molecule has 5 heterocycles. The van der Waals surface area contributed by atoms with Gasteiger partial charge < -0.3 is 14.4 Å². The predicted octanol–water partition coefficient (Wildman–Crippen LogP) is 9.84. The summed E-state index contributed by atoms with van der Waals surface area (Å²) in [5.74, 6) is 0. The zero-order valence-electron chi connectivity index (χ0n) is 25.9. The van der Waals surface area contributed by atoms with Crippen molar-refractivity contribution >= 4 is 33.0 Å². The van der Waals surface area contributed by atoms with Crippen molar-refractivity contribution in [2.45, 2.75) is 27.7 Å². The van der Waals surface area contributed by atoms with Gasteiger partial charge in [0.25, 0.3) is 0 Å². The summed E-state index contributed by atoms with van der Waals surface area (Å²) in [6.45, 7) is 8.14. The molecular formula is C40H30IrN4O-2. The zero-order valence-corrected chi connectivity index (χ0v) is 28.3. The molecule has 227 valence electrons. The predicted molar refractivity (Wildman–Crippen MR) is 182 cm³/mol. The number of fused-ring (bicyclic) bond motifs is 4. The summed E-state index contributed by atoms with van der Waals surface area (Å²) in [5, 5.41) is 3.14. The number of rotatable bonds is 3. The SMILES string of the molecule is Cc1c[c-]c(-c2ccc(C)cn2)cc1.Cc1ccc2c(n1)oc1c(-c3cc(-c4cccc5cccnc45)c(C)cn3)[c-]ccc12.[Ir]. The van der Waals surface area contributed by atoms with Crippen molar-refractivity contribution in [3.05, 3.63) is 144 Å². The number of hydrogen-bond donors (Lipinski definition) is 0. The van der Waals surface area contributed by atoms with E-state index in [4.69, 9.17) is 9.40 Å². The first kappa shape index (κ1) is 31.0. The molecule has 3 aromatic carbocycles. The summed E-state index contributed by atoms with van der Waals surface area (Å²) < 4.78 is 6.17. The van der Waals surface area contributed by atoms with E-state index < -0.39 is 0 Å². The van der Waals surface area contributed by atoms with E-state index in [-0.39, 0.29) is 20.1 Å². The van der Waals surface area contributed by atoms with Crippen LogP contribution in [0, 0.1) is 39.8 Å². The van der Waals surface area contributed by atoms with Gasteiger partial charge >= 0.3 is 0 Å². The number of pyridine rings is 4. The van der Waals surface area contributed by atoms with Crippen LogP contribution in [0.3, 0.4) is 0 Å². The number of furan rings is 1. The third-order valence-electron chi connectivity index (χ3n) is 7.88. The number of benzene rings is 3. The van der Waals surface area contributed by atoms with Crippen LogP contribution < -0.4 is 0 Å². The second kappa shape index (κ2) is 13.1. The van der Waals surface area contributed by atoms with Gasteiger partial charge in [0.15, 0.2) is 0 Å². The first-order chi connectivity index (χ1) is 21.9. The van der Waals surface area contributed by atoms with Gasteiger partial charge in [0.2, 0.25) is 5.71 Å². The average Bonchev–Trinajstić information content (AvgIpc) is 3.44. The summed E-state index contributed by atoms with van der Waals surface area (Å²) in [6.07, 6.45) is 5.62. The second-order valence-electron chi connectivity index (χ2n) is 11.3. The molecule has 46 heavy (non-hydrogen) atoms. The first-order valence-corrected chi connectivity index (χ1v) is 14.9. The summed E-state index contributed by atoms with van der Waals surface area (Å²) in [5.41, 5.74) is 12.7. The summed E-state index contributed by atoms with van der Waals surface area (Å²) in [4.78, 5) is 18.3. The molecule has 8 rings (SSSR count). The topological polar surface area (TPSA) is 64.7 Å². The van der Waals surface area contributed by atoms with E-state index in [2.05, 4.69) is 89.5 Å². The quantitative estimate of drug-likeness (QED) is 0.167. The van der Waals surface area contributed by atoms with Crippen LogP contribution in [0.1, 0.15) is 22.4 Å². The van der Waals surface area contributed by atoms with E-state index in [0.717, 1.165) is 72.2 Å². The first-order valence-electron chi connectivity index (χ1n) is 14.9. The molecule has 0 fully saturated rings. The Kier molecular flexibility index (Phi) is 8.85. The summed E-state index contributed by atoms with van der Waals surface area (Å²) in [7, 11) is 0. The Balaban J connectivity index is 0.000000209. The van der Waals surface area contributed by atoms with Crippen molar-refractivity contribution < 1.29 is 24.5 Å². The van der Waals surface area contributed by atoms with Crippen molar-refractivity contribution in [3.63, 3.8) is 0 Å². The Morgan fingerprint density at radius 3 is 2.30 bits per heavy atom. The molecule has 8 aromatic rings. The molecule has 0 amide bonds. The van der Waals surface area contributed by atoms with Crippen molar-refractivity contribution in [2.24, 2.45) is 0 Å². The van der Waals surface area contributed by atoms with Gasteiger partial charge in [0.05, 0.1) is 11.1 Å². The van der Waals surface area contributed by atoms with E-state index in [9.17, 15) is 0 Å². The fourth-order valence-corrected chi connectivity index (χ4v) is 5.47. The van der Waals surface area contributed by atoms with Gasteiger partial charge in [-0.15, -0.1) is 53.6 Å². The van der Waals surface area contributed by atoms with Crippen LogP contribution in [0.2, 0.25) is 0 Å². The van der Waals surface area contributed by atoms with Gasteiger partial charge in [0, 0.05) is 60.7 Å². The van der Waals surface area contributed by atoms with Crippen LogP contribution in [0.15, 0.2) is 114 Å². The summed E-state index contributed by atoms with van der Waals surface area (Å²) in [6, 6.07) is 37.2. The van der Waals surface area contributed by atoms with E-state index in [1.54, 1.807) is 0 Å². The van der Waals surface area contributed by atoms with Gasteiger partial charge in [-0.3, -0.25) is 4.98 Å². The van der Waals surface area contributed by atoms with Crippen molar-refractivity contribution in [3.8, 4) is 33.6 Å². The molecule has 1 radical (unpaired) electrons. The number of aromatic nitrogens is 4. The van der Waals surface area contributed by atoms with Gasteiger partial charge in [0.1, 0.15) is 0 Å². The molecule has 0 atom stereocenters. The maximum atomic E-state index is 6.17. The molecule has 0 aliphatic rings. The minimum atomic E-state index is 0. The Hall–Kier alpha value is -5.03. The molecule has 0 N–H and O–H groups in total. The van der Waals surface area contributed by atoms with Gasteiger partial charge in [-0.25, -0.2) is 4.98 Å². The normalized spacial score (nSPS) is 10.9. The van der Waals surface area contributed by atoms with Gasteiger partial charge in [-0.1, -0.05) is 60.3 Å². The maximum Gasteiger partial charge on any atom is 0.216 e. The van der Waals surface area contributed by atoms with E-state index in [0.29, 0.717) is 5.71 Å². The maximum absolute atomic E-state index is 6.17. The zero-order chi connectivity index (χ0) is 30.9. The smallest absolute Gasteiger partial charge is 0.216 e. The monoisotopic (exact) mass is 775 g/mol. The Labute approximate surface area is 281 Å². The molecule has 0 unspecified atom stereocenters.